The topological polar surface area (TPSA) is 32.8 Å². The predicted octanol–water partition coefficient (Wildman–Crippen LogP) is 4.35. The van der Waals surface area contributed by atoms with E-state index < -0.39 is 0 Å². The van der Waals surface area contributed by atoms with Gasteiger partial charge in [0.15, 0.2) is 0 Å². The summed E-state index contributed by atoms with van der Waals surface area (Å²) in [5, 5.41) is 2.03. The van der Waals surface area contributed by atoms with Crippen molar-refractivity contribution in [3.63, 3.8) is 0 Å². The van der Waals surface area contributed by atoms with E-state index in [-0.39, 0.29) is 17.8 Å². The van der Waals surface area contributed by atoms with Gasteiger partial charge < -0.3 is 9.64 Å². The van der Waals surface area contributed by atoms with Gasteiger partial charge in [-0.25, -0.2) is 4.39 Å². The second-order valence-corrected chi connectivity index (χ2v) is 9.53. The summed E-state index contributed by atoms with van der Waals surface area (Å²) in [5.74, 6) is 0.582. The first-order valence-electron chi connectivity index (χ1n) is 11.0. The fourth-order valence-electron chi connectivity index (χ4n) is 4.49. The van der Waals surface area contributed by atoms with Crippen LogP contribution in [0.1, 0.15) is 36.1 Å². The van der Waals surface area contributed by atoms with E-state index in [1.54, 1.807) is 17.4 Å². The number of rotatable bonds is 8. The van der Waals surface area contributed by atoms with Gasteiger partial charge in [0.25, 0.3) is 0 Å². The maximum Gasteiger partial charge on any atom is 0.227 e. The summed E-state index contributed by atoms with van der Waals surface area (Å²) in [7, 11) is 0. The number of amides is 1. The van der Waals surface area contributed by atoms with E-state index in [1.807, 2.05) is 34.5 Å². The SMILES string of the molecule is O=C(Cc1cccs1)N(CC1CCN(Cc2ccccc2F)CC1)C[C@H]1CCCO1. The standard InChI is InChI=1S/C24H31FN2O2S/c25-23-8-2-1-5-20(23)17-26-11-9-19(10-12-26)16-27(18-21-6-3-13-29-21)24(28)15-22-7-4-14-30-22/h1-2,4-5,7-8,14,19,21H,3,6,9-13,15-18H2/t21-/m1/s1. The number of piperidine rings is 1. The van der Waals surface area contributed by atoms with Gasteiger partial charge in [0.2, 0.25) is 5.91 Å². The largest absolute Gasteiger partial charge is 0.376 e. The number of nitrogens with zero attached hydrogens (tertiary/aromatic N) is 2. The van der Waals surface area contributed by atoms with Crippen molar-refractivity contribution < 1.29 is 13.9 Å². The zero-order chi connectivity index (χ0) is 20.8. The summed E-state index contributed by atoms with van der Waals surface area (Å²) in [6.07, 6.45) is 4.89. The molecule has 162 valence electrons. The molecule has 4 rings (SSSR count). The molecule has 0 unspecified atom stereocenters. The average Bonchev–Trinajstić information content (AvgIpc) is 3.45. The number of carbonyl (C=O) groups is 1. The quantitative estimate of drug-likeness (QED) is 0.624. The lowest BCUT2D eigenvalue weighted by Gasteiger charge is -2.35. The zero-order valence-electron chi connectivity index (χ0n) is 17.5. The Labute approximate surface area is 182 Å². The third-order valence-electron chi connectivity index (χ3n) is 6.24. The van der Waals surface area contributed by atoms with Crippen LogP contribution in [0.25, 0.3) is 0 Å². The van der Waals surface area contributed by atoms with Crippen molar-refractivity contribution in [1.82, 2.24) is 9.80 Å². The number of thiophene rings is 1. The minimum Gasteiger partial charge on any atom is -0.376 e. The molecule has 6 heteroatoms. The molecule has 2 aliphatic rings. The van der Waals surface area contributed by atoms with Crippen LogP contribution in [0.15, 0.2) is 41.8 Å². The van der Waals surface area contributed by atoms with Gasteiger partial charge in [0.05, 0.1) is 12.5 Å². The van der Waals surface area contributed by atoms with Crippen LogP contribution in [0.3, 0.4) is 0 Å². The van der Waals surface area contributed by atoms with Crippen LogP contribution in [0.2, 0.25) is 0 Å². The van der Waals surface area contributed by atoms with Gasteiger partial charge in [-0.3, -0.25) is 9.69 Å². The van der Waals surface area contributed by atoms with Crippen LogP contribution in [0.4, 0.5) is 4.39 Å². The van der Waals surface area contributed by atoms with Crippen molar-refractivity contribution in [2.75, 3.05) is 32.8 Å². The van der Waals surface area contributed by atoms with E-state index in [1.165, 1.54) is 6.07 Å². The number of benzene rings is 1. The summed E-state index contributed by atoms with van der Waals surface area (Å²) in [6.45, 7) is 4.89. The van der Waals surface area contributed by atoms with Crippen molar-refractivity contribution in [1.29, 1.82) is 0 Å². The first kappa shape index (κ1) is 21.5. The van der Waals surface area contributed by atoms with Crippen molar-refractivity contribution >= 4 is 17.2 Å². The number of likely N-dealkylation sites (tertiary alicyclic amines) is 1. The Morgan fingerprint density at radius 3 is 2.67 bits per heavy atom. The first-order chi connectivity index (χ1) is 14.7. The van der Waals surface area contributed by atoms with E-state index >= 15 is 0 Å². The van der Waals surface area contributed by atoms with E-state index in [4.69, 9.17) is 4.74 Å². The summed E-state index contributed by atoms with van der Waals surface area (Å²) < 4.78 is 19.8. The van der Waals surface area contributed by atoms with E-state index in [0.29, 0.717) is 25.4 Å². The number of carbonyl (C=O) groups excluding carboxylic acids is 1. The maximum absolute atomic E-state index is 13.9. The Bertz CT molecular complexity index is 799. The molecule has 1 amide bonds. The Balaban J connectivity index is 1.31. The van der Waals surface area contributed by atoms with Gasteiger partial charge in [-0.15, -0.1) is 11.3 Å². The highest BCUT2D eigenvalue weighted by Crippen LogP contribution is 2.23. The predicted molar refractivity (Wildman–Crippen MR) is 118 cm³/mol. The van der Waals surface area contributed by atoms with Crippen LogP contribution in [0.5, 0.6) is 0 Å². The molecule has 0 radical (unpaired) electrons. The van der Waals surface area contributed by atoms with E-state index in [9.17, 15) is 9.18 Å². The molecule has 0 spiro atoms. The van der Waals surface area contributed by atoms with Crippen LogP contribution in [-0.4, -0.2) is 54.6 Å². The molecule has 2 aromatic rings. The molecule has 2 fully saturated rings. The molecule has 3 heterocycles. The van der Waals surface area contributed by atoms with Gasteiger partial charge in [-0.05, 0) is 62.2 Å². The molecule has 30 heavy (non-hydrogen) atoms. The summed E-state index contributed by atoms with van der Waals surface area (Å²) in [6, 6.07) is 11.1. The molecule has 0 aliphatic carbocycles. The maximum atomic E-state index is 13.9. The molecular formula is C24H31FN2O2S. The minimum atomic E-state index is -0.124. The van der Waals surface area contributed by atoms with E-state index in [0.717, 1.165) is 62.4 Å². The highest BCUT2D eigenvalue weighted by Gasteiger charge is 2.27. The molecule has 1 aromatic carbocycles. The lowest BCUT2D eigenvalue weighted by Crippen LogP contribution is -2.44. The second-order valence-electron chi connectivity index (χ2n) is 8.50. The number of ether oxygens (including phenoxy) is 1. The molecule has 0 saturated carbocycles. The molecule has 2 aliphatic heterocycles. The van der Waals surface area contributed by atoms with Crippen molar-refractivity contribution in [3.05, 3.63) is 58.0 Å². The third kappa shape index (κ3) is 5.90. The molecule has 0 N–H and O–H groups in total. The zero-order valence-corrected chi connectivity index (χ0v) is 18.3. The van der Waals surface area contributed by atoms with Gasteiger partial charge in [-0.1, -0.05) is 24.3 Å². The second kappa shape index (κ2) is 10.5. The van der Waals surface area contributed by atoms with Gasteiger partial charge in [0.1, 0.15) is 5.82 Å². The molecule has 1 atom stereocenters. The van der Waals surface area contributed by atoms with Gasteiger partial charge >= 0.3 is 0 Å². The summed E-state index contributed by atoms with van der Waals surface area (Å²) in [5.41, 5.74) is 0.766. The monoisotopic (exact) mass is 430 g/mol. The number of hydrogen-bond acceptors (Lipinski definition) is 4. The lowest BCUT2D eigenvalue weighted by atomic mass is 9.95. The normalized spacial score (nSPS) is 20.5. The summed E-state index contributed by atoms with van der Waals surface area (Å²) in [4.78, 5) is 18.5. The van der Waals surface area contributed by atoms with Gasteiger partial charge in [0, 0.05) is 36.7 Å². The Kier molecular flexibility index (Phi) is 7.52. The Morgan fingerprint density at radius 1 is 1.13 bits per heavy atom. The highest BCUT2D eigenvalue weighted by atomic mass is 32.1. The van der Waals surface area contributed by atoms with Crippen molar-refractivity contribution in [2.45, 2.75) is 44.8 Å². The molecule has 1 aromatic heterocycles. The van der Waals surface area contributed by atoms with Gasteiger partial charge in [-0.2, -0.15) is 0 Å². The molecular weight excluding hydrogens is 399 g/mol. The smallest absolute Gasteiger partial charge is 0.227 e. The minimum absolute atomic E-state index is 0.124. The van der Waals surface area contributed by atoms with Crippen molar-refractivity contribution in [2.24, 2.45) is 5.92 Å². The molecule has 2 saturated heterocycles. The Hall–Kier alpha value is -1.76. The Morgan fingerprint density at radius 2 is 1.97 bits per heavy atom. The highest BCUT2D eigenvalue weighted by molar-refractivity contribution is 7.10. The van der Waals surface area contributed by atoms with Crippen LogP contribution >= 0.6 is 11.3 Å². The fourth-order valence-corrected chi connectivity index (χ4v) is 5.19. The average molecular weight is 431 g/mol. The van der Waals surface area contributed by atoms with Crippen LogP contribution in [0, 0.1) is 11.7 Å². The van der Waals surface area contributed by atoms with Crippen LogP contribution < -0.4 is 0 Å². The fraction of sp³-hybridized carbons (Fsp3) is 0.542. The van der Waals surface area contributed by atoms with E-state index in [2.05, 4.69) is 4.90 Å². The van der Waals surface area contributed by atoms with Crippen LogP contribution in [-0.2, 0) is 22.5 Å². The lowest BCUT2D eigenvalue weighted by molar-refractivity contribution is -0.133. The molecule has 0 bridgehead atoms. The summed E-state index contributed by atoms with van der Waals surface area (Å²) >= 11 is 1.64. The third-order valence-corrected chi connectivity index (χ3v) is 7.12. The van der Waals surface area contributed by atoms with Crippen molar-refractivity contribution in [3.8, 4) is 0 Å². The molecule has 4 nitrogen and oxygen atoms in total. The number of hydrogen-bond donors (Lipinski definition) is 0. The number of halogens is 1. The first-order valence-corrected chi connectivity index (χ1v) is 11.9.